The number of hydrogen-bond donors (Lipinski definition) is 0. The monoisotopic (exact) mass is 500 g/mol. The van der Waals surface area contributed by atoms with E-state index in [2.05, 4.69) is 126 Å². The van der Waals surface area contributed by atoms with Crippen LogP contribution in [0, 0.1) is 0 Å². The van der Waals surface area contributed by atoms with Gasteiger partial charge in [-0.15, -0.1) is 11.3 Å². The molecule has 0 bridgehead atoms. The molecule has 0 aliphatic heterocycles. The zero-order valence-electron chi connectivity index (χ0n) is 20.3. The van der Waals surface area contributed by atoms with E-state index in [1.165, 1.54) is 70.6 Å². The highest BCUT2D eigenvalue weighted by molar-refractivity contribution is 7.19. The van der Waals surface area contributed by atoms with Crippen molar-refractivity contribution in [3.05, 3.63) is 121 Å². The van der Waals surface area contributed by atoms with Gasteiger partial charge in [-0.1, -0.05) is 97.1 Å². The van der Waals surface area contributed by atoms with Crippen molar-refractivity contribution in [1.82, 2.24) is 9.55 Å². The van der Waals surface area contributed by atoms with Crippen LogP contribution in [-0.2, 0) is 0 Å². The highest BCUT2D eigenvalue weighted by Crippen LogP contribution is 2.52. The van der Waals surface area contributed by atoms with Crippen molar-refractivity contribution < 1.29 is 0 Å². The molecule has 8 aromatic rings. The highest BCUT2D eigenvalue weighted by atomic mass is 32.1. The minimum atomic E-state index is 1.08. The van der Waals surface area contributed by atoms with Gasteiger partial charge in [0, 0.05) is 38.2 Å². The first kappa shape index (κ1) is 20.3. The van der Waals surface area contributed by atoms with Gasteiger partial charge in [0.05, 0.1) is 27.3 Å². The lowest BCUT2D eigenvalue weighted by Crippen LogP contribution is -1.96. The Labute approximate surface area is 223 Å². The molecule has 0 spiro atoms. The third-order valence-corrected chi connectivity index (χ3v) is 9.08. The summed E-state index contributed by atoms with van der Waals surface area (Å²) in [6, 6.07) is 43.9. The van der Waals surface area contributed by atoms with Crippen LogP contribution in [0.5, 0.6) is 0 Å². The molecule has 0 saturated heterocycles. The first-order chi connectivity index (χ1) is 18.8. The van der Waals surface area contributed by atoms with Crippen LogP contribution in [0.1, 0.15) is 0 Å². The van der Waals surface area contributed by atoms with Gasteiger partial charge in [0.15, 0.2) is 0 Å². The molecule has 0 fully saturated rings. The van der Waals surface area contributed by atoms with Crippen LogP contribution in [0.4, 0.5) is 0 Å². The Morgan fingerprint density at radius 2 is 1.32 bits per heavy atom. The molecule has 2 aromatic heterocycles. The molecule has 0 radical (unpaired) electrons. The maximum atomic E-state index is 5.14. The summed E-state index contributed by atoms with van der Waals surface area (Å²) >= 11 is 1.80. The molecule has 0 amide bonds. The van der Waals surface area contributed by atoms with Crippen LogP contribution in [-0.4, -0.2) is 9.55 Å². The summed E-state index contributed by atoms with van der Waals surface area (Å²) in [6.45, 7) is 0. The Bertz CT molecular complexity index is 2210. The quantitative estimate of drug-likeness (QED) is 0.231. The smallest absolute Gasteiger partial charge is 0.124 e. The van der Waals surface area contributed by atoms with Crippen molar-refractivity contribution in [1.29, 1.82) is 0 Å². The van der Waals surface area contributed by atoms with Crippen molar-refractivity contribution >= 4 is 54.7 Å². The molecule has 2 heterocycles. The second kappa shape index (κ2) is 7.41. The molecule has 38 heavy (non-hydrogen) atoms. The molecule has 2 nitrogen and oxygen atoms in total. The molecule has 0 unspecified atom stereocenters. The number of rotatable bonds is 2. The number of nitrogens with zero attached hydrogens (tertiary/aromatic N) is 2. The topological polar surface area (TPSA) is 17.8 Å². The minimum absolute atomic E-state index is 1.08. The van der Waals surface area contributed by atoms with Crippen LogP contribution in [0.25, 0.3) is 81.3 Å². The summed E-state index contributed by atoms with van der Waals surface area (Å²) in [5, 5.41) is 8.76. The second-order valence-corrected chi connectivity index (χ2v) is 11.0. The van der Waals surface area contributed by atoms with Crippen LogP contribution >= 0.6 is 11.3 Å². The Morgan fingerprint density at radius 3 is 2.21 bits per heavy atom. The van der Waals surface area contributed by atoms with E-state index in [0.717, 1.165) is 10.7 Å². The van der Waals surface area contributed by atoms with Crippen molar-refractivity contribution in [2.45, 2.75) is 0 Å². The average molecular weight is 501 g/mol. The van der Waals surface area contributed by atoms with Crippen LogP contribution < -0.4 is 0 Å². The van der Waals surface area contributed by atoms with Crippen molar-refractivity contribution in [3.8, 4) is 38.0 Å². The van der Waals surface area contributed by atoms with E-state index in [1.54, 1.807) is 11.3 Å². The van der Waals surface area contributed by atoms with Gasteiger partial charge in [-0.05, 0) is 35.0 Å². The molecule has 1 aliphatic rings. The lowest BCUT2D eigenvalue weighted by molar-refractivity contribution is 1.20. The van der Waals surface area contributed by atoms with Gasteiger partial charge in [-0.25, -0.2) is 4.98 Å². The van der Waals surface area contributed by atoms with E-state index in [4.69, 9.17) is 4.98 Å². The Morgan fingerprint density at radius 1 is 0.553 bits per heavy atom. The molecule has 0 N–H and O–H groups in total. The third-order valence-electron chi connectivity index (χ3n) is 7.95. The lowest BCUT2D eigenvalue weighted by Gasteiger charge is -2.13. The van der Waals surface area contributed by atoms with E-state index >= 15 is 0 Å². The third kappa shape index (κ3) is 2.64. The standard InChI is InChI=1S/C35H20N2S/c1-2-9-21(10-3-1)35-36-33-26-15-8-14-25-30(18-17-27(32(25)26)34(33)38-35)37-29-16-7-6-13-24(29)28-19-22-11-4-5-12-23(22)20-31(28)37/h1-20H. The first-order valence-corrected chi connectivity index (χ1v) is 13.7. The summed E-state index contributed by atoms with van der Waals surface area (Å²) in [6.07, 6.45) is 0. The van der Waals surface area contributed by atoms with Crippen LogP contribution in [0.2, 0.25) is 0 Å². The summed E-state index contributed by atoms with van der Waals surface area (Å²) in [5.41, 5.74) is 8.50. The fraction of sp³-hybridized carbons (Fsp3) is 0. The molecule has 0 atom stereocenters. The van der Waals surface area contributed by atoms with Gasteiger partial charge in [0.2, 0.25) is 0 Å². The molecule has 6 aromatic carbocycles. The largest absolute Gasteiger partial charge is 0.309 e. The molecule has 0 saturated carbocycles. The van der Waals surface area contributed by atoms with E-state index in [0.29, 0.717) is 0 Å². The molecule has 176 valence electrons. The lowest BCUT2D eigenvalue weighted by atomic mass is 10.0. The molecule has 9 rings (SSSR count). The zero-order chi connectivity index (χ0) is 24.8. The summed E-state index contributed by atoms with van der Waals surface area (Å²) in [7, 11) is 0. The Hall–Kier alpha value is -4.73. The molecular formula is C35H20N2S. The number of para-hydroxylation sites is 1. The van der Waals surface area contributed by atoms with Crippen molar-refractivity contribution in [2.75, 3.05) is 0 Å². The summed E-state index contributed by atoms with van der Waals surface area (Å²) in [4.78, 5) is 6.41. The van der Waals surface area contributed by atoms with Gasteiger partial charge in [-0.2, -0.15) is 0 Å². The number of thiazole rings is 1. The molecule has 3 heteroatoms. The SMILES string of the molecule is c1ccc(-c2nc3c(s2)-c2ccc(-n4c5ccccc5c5cc6ccccc6cc54)c4cccc-3c24)cc1. The predicted molar refractivity (Wildman–Crippen MR) is 161 cm³/mol. The zero-order valence-corrected chi connectivity index (χ0v) is 21.2. The normalized spacial score (nSPS) is 12.2. The van der Waals surface area contributed by atoms with Gasteiger partial charge >= 0.3 is 0 Å². The maximum Gasteiger partial charge on any atom is 0.124 e. The fourth-order valence-corrected chi connectivity index (χ4v) is 7.39. The number of fused-ring (bicyclic) bond motifs is 7. The average Bonchev–Trinajstić information content (AvgIpc) is 3.64. The van der Waals surface area contributed by atoms with Gasteiger partial charge < -0.3 is 4.57 Å². The number of hydrogen-bond acceptors (Lipinski definition) is 2. The number of aromatic nitrogens is 2. The predicted octanol–water partition coefficient (Wildman–Crippen LogP) is 9.86. The van der Waals surface area contributed by atoms with E-state index < -0.39 is 0 Å². The highest BCUT2D eigenvalue weighted by Gasteiger charge is 2.28. The van der Waals surface area contributed by atoms with Crippen LogP contribution in [0.15, 0.2) is 121 Å². The summed E-state index contributed by atoms with van der Waals surface area (Å²) in [5.74, 6) is 0. The van der Waals surface area contributed by atoms with Gasteiger partial charge in [-0.3, -0.25) is 0 Å². The van der Waals surface area contributed by atoms with Gasteiger partial charge in [0.25, 0.3) is 0 Å². The molecular weight excluding hydrogens is 480 g/mol. The Kier molecular flexibility index (Phi) is 3.96. The van der Waals surface area contributed by atoms with E-state index in [9.17, 15) is 0 Å². The van der Waals surface area contributed by atoms with E-state index in [1.807, 2.05) is 0 Å². The fourth-order valence-electron chi connectivity index (χ4n) is 6.28. The maximum absolute atomic E-state index is 5.14. The van der Waals surface area contributed by atoms with E-state index in [-0.39, 0.29) is 0 Å². The summed E-state index contributed by atoms with van der Waals surface area (Å²) < 4.78 is 2.45. The molecule has 1 aliphatic carbocycles. The van der Waals surface area contributed by atoms with Gasteiger partial charge in [0.1, 0.15) is 5.01 Å². The number of benzene rings is 6. The Balaban J connectivity index is 1.34. The van der Waals surface area contributed by atoms with Crippen molar-refractivity contribution in [3.63, 3.8) is 0 Å². The first-order valence-electron chi connectivity index (χ1n) is 12.9. The minimum Gasteiger partial charge on any atom is -0.309 e. The van der Waals surface area contributed by atoms with Crippen molar-refractivity contribution in [2.24, 2.45) is 0 Å². The van der Waals surface area contributed by atoms with Crippen LogP contribution in [0.3, 0.4) is 0 Å². The second-order valence-electron chi connectivity index (χ2n) is 9.99.